The van der Waals surface area contributed by atoms with E-state index in [2.05, 4.69) is 4.90 Å². The summed E-state index contributed by atoms with van der Waals surface area (Å²) >= 11 is 0. The van der Waals surface area contributed by atoms with E-state index in [1.54, 1.807) is 16.4 Å². The Kier molecular flexibility index (Phi) is 5.89. The average molecular weight is 354 g/mol. The molecular weight excluding hydrogens is 328 g/mol. The lowest BCUT2D eigenvalue weighted by Gasteiger charge is -2.35. The van der Waals surface area contributed by atoms with Crippen LogP contribution in [-0.2, 0) is 19.5 Å². The first-order valence-electron chi connectivity index (χ1n) is 8.50. The molecule has 134 valence electrons. The second-order valence-corrected chi connectivity index (χ2v) is 8.47. The molecule has 0 atom stereocenters. The lowest BCUT2D eigenvalue weighted by molar-refractivity contribution is 0.0898. The van der Waals surface area contributed by atoms with Crippen LogP contribution in [0.5, 0.6) is 0 Å². The molecule has 1 aromatic rings. The van der Waals surface area contributed by atoms with Crippen LogP contribution in [0.1, 0.15) is 5.56 Å². The van der Waals surface area contributed by atoms with Crippen LogP contribution >= 0.6 is 0 Å². The zero-order valence-corrected chi connectivity index (χ0v) is 15.0. The Morgan fingerprint density at radius 1 is 1.00 bits per heavy atom. The Hall–Kier alpha value is -0.990. The third-order valence-corrected chi connectivity index (χ3v) is 6.50. The van der Waals surface area contributed by atoms with E-state index in [0.717, 1.165) is 38.4 Å². The molecule has 0 bridgehead atoms. The van der Waals surface area contributed by atoms with Crippen molar-refractivity contribution in [3.05, 3.63) is 29.8 Å². The summed E-state index contributed by atoms with van der Waals surface area (Å²) in [6.07, 6.45) is 0. The van der Waals surface area contributed by atoms with Crippen LogP contribution in [-0.4, -0.2) is 76.8 Å². The molecule has 2 fully saturated rings. The highest BCUT2D eigenvalue weighted by atomic mass is 32.2. The van der Waals surface area contributed by atoms with Crippen LogP contribution in [0.15, 0.2) is 29.2 Å². The summed E-state index contributed by atoms with van der Waals surface area (Å²) in [4.78, 5) is 2.69. The summed E-state index contributed by atoms with van der Waals surface area (Å²) in [6, 6.07) is 7.07. The van der Waals surface area contributed by atoms with Crippen LogP contribution in [0.25, 0.3) is 0 Å². The van der Waals surface area contributed by atoms with Gasteiger partial charge in [-0.05, 0) is 19.1 Å². The first-order chi connectivity index (χ1) is 11.6. The quantitative estimate of drug-likeness (QED) is 0.806. The molecule has 24 heavy (non-hydrogen) atoms. The van der Waals surface area contributed by atoms with Gasteiger partial charge in [0.05, 0.1) is 31.3 Å². The molecule has 1 aromatic carbocycles. The monoisotopic (exact) mass is 354 g/mol. The molecule has 0 unspecified atom stereocenters. The van der Waals surface area contributed by atoms with Crippen LogP contribution < -0.4 is 0 Å². The number of nitrogens with zero attached hydrogens (tertiary/aromatic N) is 2. The molecule has 7 heteroatoms. The van der Waals surface area contributed by atoms with Gasteiger partial charge < -0.3 is 14.4 Å². The summed E-state index contributed by atoms with van der Waals surface area (Å²) in [7, 11) is -3.38. The van der Waals surface area contributed by atoms with E-state index < -0.39 is 10.0 Å². The highest BCUT2D eigenvalue weighted by Gasteiger charge is 2.29. The number of sulfonamides is 1. The van der Waals surface area contributed by atoms with E-state index in [1.165, 1.54) is 0 Å². The zero-order chi connectivity index (χ0) is 17.0. The molecule has 2 aliphatic rings. The highest BCUT2D eigenvalue weighted by molar-refractivity contribution is 7.89. The van der Waals surface area contributed by atoms with Gasteiger partial charge in [-0.2, -0.15) is 4.31 Å². The van der Waals surface area contributed by atoms with Gasteiger partial charge in [-0.15, -0.1) is 0 Å². The minimum absolute atomic E-state index is 0.368. The Morgan fingerprint density at radius 2 is 1.58 bits per heavy atom. The van der Waals surface area contributed by atoms with Gasteiger partial charge in [0.15, 0.2) is 0 Å². The van der Waals surface area contributed by atoms with Crippen molar-refractivity contribution in [2.45, 2.75) is 11.8 Å². The fourth-order valence-corrected chi connectivity index (χ4v) is 4.57. The van der Waals surface area contributed by atoms with E-state index in [-0.39, 0.29) is 0 Å². The Bertz CT molecular complexity index is 616. The fourth-order valence-electron chi connectivity index (χ4n) is 3.15. The molecule has 0 amide bonds. The predicted octanol–water partition coefficient (Wildman–Crippen LogP) is 0.964. The molecule has 2 heterocycles. The van der Waals surface area contributed by atoms with E-state index in [0.29, 0.717) is 37.1 Å². The van der Waals surface area contributed by atoms with Gasteiger partial charge >= 0.3 is 0 Å². The van der Waals surface area contributed by atoms with Crippen molar-refractivity contribution in [2.75, 3.05) is 59.2 Å². The lowest BCUT2D eigenvalue weighted by atomic mass is 10.1. The minimum Gasteiger partial charge on any atom is -0.379 e. The van der Waals surface area contributed by atoms with E-state index in [9.17, 15) is 8.42 Å². The summed E-state index contributed by atoms with van der Waals surface area (Å²) in [5.41, 5.74) is 1.06. The fraction of sp³-hybridized carbons (Fsp3) is 0.647. The minimum atomic E-state index is -3.38. The van der Waals surface area contributed by atoms with Gasteiger partial charge in [0.25, 0.3) is 0 Å². The topological polar surface area (TPSA) is 59.1 Å². The van der Waals surface area contributed by atoms with Crippen molar-refractivity contribution < 1.29 is 17.9 Å². The average Bonchev–Trinajstić information content (AvgIpc) is 2.84. The van der Waals surface area contributed by atoms with Gasteiger partial charge in [0, 0.05) is 38.6 Å². The zero-order valence-electron chi connectivity index (χ0n) is 14.2. The Balaban J connectivity index is 1.55. The number of benzene rings is 1. The van der Waals surface area contributed by atoms with Crippen LogP contribution in [0.4, 0.5) is 0 Å². The maximum absolute atomic E-state index is 12.7. The van der Waals surface area contributed by atoms with Gasteiger partial charge in [0.2, 0.25) is 10.0 Å². The Labute approximate surface area is 144 Å². The molecule has 0 aliphatic carbocycles. The summed E-state index contributed by atoms with van der Waals surface area (Å²) < 4.78 is 38.1. The highest BCUT2D eigenvalue weighted by Crippen LogP contribution is 2.19. The molecule has 0 aromatic heterocycles. The van der Waals surface area contributed by atoms with Gasteiger partial charge in [-0.3, -0.25) is 0 Å². The molecule has 0 N–H and O–H groups in total. The second-order valence-electron chi connectivity index (χ2n) is 6.53. The standard InChI is InChI=1S/C17H26N2O4S/c1-15-2-4-17(5-3-15)24(20,21)19-8-6-18(7-9-19)12-16-13-22-10-11-23-14-16/h2-5,16H,6-14H2,1H3. The summed E-state index contributed by atoms with van der Waals surface area (Å²) in [6.45, 7) is 8.20. The third kappa shape index (κ3) is 4.34. The van der Waals surface area contributed by atoms with Gasteiger partial charge in [-0.1, -0.05) is 17.7 Å². The van der Waals surface area contributed by atoms with Crippen molar-refractivity contribution in [3.8, 4) is 0 Å². The normalized spacial score (nSPS) is 22.4. The maximum atomic E-state index is 12.7. The molecule has 2 saturated heterocycles. The molecule has 2 aliphatic heterocycles. The van der Waals surface area contributed by atoms with Crippen molar-refractivity contribution in [2.24, 2.45) is 5.92 Å². The number of ether oxygens (including phenoxy) is 2. The number of rotatable bonds is 4. The van der Waals surface area contributed by atoms with Crippen molar-refractivity contribution in [1.82, 2.24) is 9.21 Å². The van der Waals surface area contributed by atoms with E-state index in [1.807, 2.05) is 19.1 Å². The summed E-state index contributed by atoms with van der Waals surface area (Å²) in [5, 5.41) is 0. The van der Waals surface area contributed by atoms with Crippen molar-refractivity contribution >= 4 is 10.0 Å². The van der Waals surface area contributed by atoms with Crippen LogP contribution in [0.3, 0.4) is 0 Å². The second kappa shape index (κ2) is 7.93. The van der Waals surface area contributed by atoms with Crippen LogP contribution in [0, 0.1) is 12.8 Å². The summed E-state index contributed by atoms with van der Waals surface area (Å²) in [5.74, 6) is 0.368. The first-order valence-corrected chi connectivity index (χ1v) is 9.94. The predicted molar refractivity (Wildman–Crippen MR) is 91.5 cm³/mol. The molecule has 0 radical (unpaired) electrons. The van der Waals surface area contributed by atoms with Crippen LogP contribution in [0.2, 0.25) is 0 Å². The lowest BCUT2D eigenvalue weighted by Crippen LogP contribution is -2.50. The molecule has 0 saturated carbocycles. The van der Waals surface area contributed by atoms with Gasteiger partial charge in [0.1, 0.15) is 0 Å². The van der Waals surface area contributed by atoms with E-state index >= 15 is 0 Å². The number of piperazine rings is 1. The maximum Gasteiger partial charge on any atom is 0.243 e. The Morgan fingerprint density at radius 3 is 2.17 bits per heavy atom. The number of aryl methyl sites for hydroxylation is 1. The molecule has 0 spiro atoms. The SMILES string of the molecule is Cc1ccc(S(=O)(=O)N2CCN(CC3COCCOC3)CC2)cc1. The van der Waals surface area contributed by atoms with Crippen molar-refractivity contribution in [1.29, 1.82) is 0 Å². The van der Waals surface area contributed by atoms with Gasteiger partial charge in [-0.25, -0.2) is 8.42 Å². The smallest absolute Gasteiger partial charge is 0.243 e. The number of hydrogen-bond donors (Lipinski definition) is 0. The largest absolute Gasteiger partial charge is 0.379 e. The third-order valence-electron chi connectivity index (χ3n) is 4.59. The molecule has 6 nitrogen and oxygen atoms in total. The van der Waals surface area contributed by atoms with Crippen molar-refractivity contribution in [3.63, 3.8) is 0 Å². The molecule has 3 rings (SSSR count). The van der Waals surface area contributed by atoms with E-state index in [4.69, 9.17) is 9.47 Å². The molecular formula is C17H26N2O4S. The first kappa shape index (κ1) is 17.8. The number of hydrogen-bond acceptors (Lipinski definition) is 5.